The van der Waals surface area contributed by atoms with Gasteiger partial charge in [0.05, 0.1) is 16.3 Å². The number of hydrogen-bond donors (Lipinski definition) is 1. The molecule has 0 fully saturated rings. The fraction of sp³-hybridized carbons (Fsp3) is 0. The van der Waals surface area contributed by atoms with E-state index in [4.69, 9.17) is 28.3 Å². The number of aromatic carboxylic acids is 1. The Morgan fingerprint density at radius 3 is 2.70 bits per heavy atom. The van der Waals surface area contributed by atoms with Crippen molar-refractivity contribution in [3.8, 4) is 11.3 Å². The zero-order valence-corrected chi connectivity index (χ0v) is 11.6. The predicted molar refractivity (Wildman–Crippen MR) is 77.6 cm³/mol. The van der Waals surface area contributed by atoms with Crippen LogP contribution in [0.15, 0.2) is 42.7 Å². The number of hydrogen-bond acceptors (Lipinski definition) is 2. The highest BCUT2D eigenvalue weighted by Gasteiger charge is 2.10. The molecule has 0 aliphatic carbocycles. The second kappa shape index (κ2) is 4.81. The molecule has 6 heteroatoms. The van der Waals surface area contributed by atoms with Gasteiger partial charge in [-0.25, -0.2) is 9.78 Å². The van der Waals surface area contributed by atoms with Crippen molar-refractivity contribution < 1.29 is 9.90 Å². The Hall–Kier alpha value is -2.04. The Morgan fingerprint density at radius 2 is 2.00 bits per heavy atom. The lowest BCUT2D eigenvalue weighted by atomic mass is 10.2. The maximum Gasteiger partial charge on any atom is 0.335 e. The van der Waals surface area contributed by atoms with Gasteiger partial charge in [-0.15, -0.1) is 0 Å². The lowest BCUT2D eigenvalue weighted by Crippen LogP contribution is -1.96. The van der Waals surface area contributed by atoms with Gasteiger partial charge in [0.1, 0.15) is 5.65 Å². The summed E-state index contributed by atoms with van der Waals surface area (Å²) in [6, 6.07) is 8.19. The summed E-state index contributed by atoms with van der Waals surface area (Å²) in [6.07, 6.45) is 3.44. The maximum absolute atomic E-state index is 10.9. The average Bonchev–Trinajstić information content (AvgIpc) is 2.80. The summed E-state index contributed by atoms with van der Waals surface area (Å²) in [7, 11) is 0. The van der Waals surface area contributed by atoms with Crippen molar-refractivity contribution in [1.82, 2.24) is 9.38 Å². The van der Waals surface area contributed by atoms with Gasteiger partial charge in [-0.1, -0.05) is 23.2 Å². The first-order chi connectivity index (χ1) is 9.54. The third kappa shape index (κ3) is 2.24. The minimum absolute atomic E-state index is 0.192. The molecule has 1 aromatic carbocycles. The van der Waals surface area contributed by atoms with Crippen LogP contribution in [0.1, 0.15) is 10.4 Å². The SMILES string of the molecule is O=C(O)c1ccn2cc(-c3ccc(Cl)cc3Cl)nc2c1. The number of carboxylic acid groups (broad SMARTS) is 1. The molecule has 3 rings (SSSR count). The van der Waals surface area contributed by atoms with E-state index in [2.05, 4.69) is 4.98 Å². The standard InChI is InChI=1S/C14H8Cl2N2O2/c15-9-1-2-10(11(16)6-9)12-7-18-4-3-8(14(19)20)5-13(18)17-12/h1-7H,(H,19,20). The summed E-state index contributed by atoms with van der Waals surface area (Å²) in [4.78, 5) is 15.3. The van der Waals surface area contributed by atoms with E-state index in [1.54, 1.807) is 35.0 Å². The Morgan fingerprint density at radius 1 is 1.20 bits per heavy atom. The minimum atomic E-state index is -0.985. The third-order valence-electron chi connectivity index (χ3n) is 2.91. The molecule has 0 saturated heterocycles. The van der Waals surface area contributed by atoms with E-state index >= 15 is 0 Å². The van der Waals surface area contributed by atoms with E-state index in [1.165, 1.54) is 12.1 Å². The molecular weight excluding hydrogens is 299 g/mol. The molecule has 0 atom stereocenters. The summed E-state index contributed by atoms with van der Waals surface area (Å²) in [5.41, 5.74) is 2.15. The molecule has 0 spiro atoms. The van der Waals surface area contributed by atoms with Gasteiger partial charge in [0.2, 0.25) is 0 Å². The van der Waals surface area contributed by atoms with Crippen LogP contribution in [0.4, 0.5) is 0 Å². The first kappa shape index (κ1) is 13.0. The first-order valence-corrected chi connectivity index (χ1v) is 6.47. The van der Waals surface area contributed by atoms with Crippen molar-refractivity contribution in [3.63, 3.8) is 0 Å². The van der Waals surface area contributed by atoms with E-state index in [0.29, 0.717) is 21.4 Å². The predicted octanol–water partition coefficient (Wildman–Crippen LogP) is 4.01. The van der Waals surface area contributed by atoms with Crippen molar-refractivity contribution in [1.29, 1.82) is 0 Å². The van der Waals surface area contributed by atoms with Crippen LogP contribution in [0, 0.1) is 0 Å². The molecule has 2 heterocycles. The zero-order chi connectivity index (χ0) is 14.3. The van der Waals surface area contributed by atoms with Gasteiger partial charge in [-0.05, 0) is 30.3 Å². The lowest BCUT2D eigenvalue weighted by molar-refractivity contribution is 0.0697. The van der Waals surface area contributed by atoms with E-state index in [1.807, 2.05) is 0 Å². The zero-order valence-electron chi connectivity index (χ0n) is 10.0. The molecule has 0 saturated carbocycles. The summed E-state index contributed by atoms with van der Waals surface area (Å²) >= 11 is 12.0. The summed E-state index contributed by atoms with van der Waals surface area (Å²) in [6.45, 7) is 0. The molecule has 0 unspecified atom stereocenters. The van der Waals surface area contributed by atoms with Gasteiger partial charge in [0.25, 0.3) is 0 Å². The number of nitrogens with zero attached hydrogens (tertiary/aromatic N) is 2. The van der Waals surface area contributed by atoms with Gasteiger partial charge < -0.3 is 9.51 Å². The van der Waals surface area contributed by atoms with Gasteiger partial charge in [-0.2, -0.15) is 0 Å². The van der Waals surface area contributed by atoms with Crippen LogP contribution in [-0.4, -0.2) is 20.5 Å². The van der Waals surface area contributed by atoms with Crippen molar-refractivity contribution >= 4 is 34.8 Å². The largest absolute Gasteiger partial charge is 0.478 e. The first-order valence-electron chi connectivity index (χ1n) is 5.72. The maximum atomic E-state index is 10.9. The second-order valence-corrected chi connectivity index (χ2v) is 5.08. The number of fused-ring (bicyclic) bond motifs is 1. The molecule has 1 N–H and O–H groups in total. The second-order valence-electron chi connectivity index (χ2n) is 4.24. The fourth-order valence-corrected chi connectivity index (χ4v) is 2.45. The highest BCUT2D eigenvalue weighted by molar-refractivity contribution is 6.36. The van der Waals surface area contributed by atoms with Crippen molar-refractivity contribution in [2.24, 2.45) is 0 Å². The Kier molecular flexibility index (Phi) is 3.12. The number of imidazole rings is 1. The monoisotopic (exact) mass is 306 g/mol. The molecule has 4 nitrogen and oxygen atoms in total. The number of benzene rings is 1. The van der Waals surface area contributed by atoms with Crippen LogP contribution in [0.25, 0.3) is 16.9 Å². The van der Waals surface area contributed by atoms with E-state index in [-0.39, 0.29) is 5.56 Å². The van der Waals surface area contributed by atoms with Crippen LogP contribution in [0.2, 0.25) is 10.0 Å². The molecule has 2 aromatic heterocycles. The van der Waals surface area contributed by atoms with Crippen LogP contribution < -0.4 is 0 Å². The number of pyridine rings is 1. The molecule has 0 bridgehead atoms. The minimum Gasteiger partial charge on any atom is -0.478 e. The topological polar surface area (TPSA) is 54.6 Å². The van der Waals surface area contributed by atoms with Crippen LogP contribution in [0.5, 0.6) is 0 Å². The van der Waals surface area contributed by atoms with E-state index < -0.39 is 5.97 Å². The molecular formula is C14H8Cl2N2O2. The molecule has 100 valence electrons. The van der Waals surface area contributed by atoms with Crippen molar-refractivity contribution in [2.75, 3.05) is 0 Å². The van der Waals surface area contributed by atoms with Gasteiger partial charge in [0, 0.05) is 23.0 Å². The Labute approximate surface area is 124 Å². The molecule has 0 radical (unpaired) electrons. The molecule has 3 aromatic rings. The number of carboxylic acids is 1. The van der Waals surface area contributed by atoms with Gasteiger partial charge in [0.15, 0.2) is 0 Å². The highest BCUT2D eigenvalue weighted by atomic mass is 35.5. The molecule has 0 amide bonds. The normalized spacial score (nSPS) is 10.9. The van der Waals surface area contributed by atoms with Gasteiger partial charge in [-0.3, -0.25) is 0 Å². The fourth-order valence-electron chi connectivity index (χ4n) is 1.94. The van der Waals surface area contributed by atoms with Crippen molar-refractivity contribution in [3.05, 3.63) is 58.3 Å². The molecule has 0 aliphatic heterocycles. The summed E-state index contributed by atoms with van der Waals surface area (Å²) < 4.78 is 1.74. The average molecular weight is 307 g/mol. The number of aromatic nitrogens is 2. The summed E-state index contributed by atoms with van der Waals surface area (Å²) in [5, 5.41) is 10.0. The highest BCUT2D eigenvalue weighted by Crippen LogP contribution is 2.29. The van der Waals surface area contributed by atoms with Crippen LogP contribution in [0.3, 0.4) is 0 Å². The number of halogens is 2. The Bertz CT molecular complexity index is 827. The van der Waals surface area contributed by atoms with E-state index in [9.17, 15) is 4.79 Å². The number of carbonyl (C=O) groups is 1. The smallest absolute Gasteiger partial charge is 0.335 e. The quantitative estimate of drug-likeness (QED) is 0.778. The van der Waals surface area contributed by atoms with Crippen molar-refractivity contribution in [2.45, 2.75) is 0 Å². The third-order valence-corrected chi connectivity index (χ3v) is 3.46. The molecule has 0 aliphatic rings. The summed E-state index contributed by atoms with van der Waals surface area (Å²) in [5.74, 6) is -0.985. The van der Waals surface area contributed by atoms with Crippen LogP contribution in [-0.2, 0) is 0 Å². The lowest BCUT2D eigenvalue weighted by Gasteiger charge is -2.00. The van der Waals surface area contributed by atoms with E-state index in [0.717, 1.165) is 5.56 Å². The van der Waals surface area contributed by atoms with Crippen LogP contribution >= 0.6 is 23.2 Å². The molecule has 20 heavy (non-hydrogen) atoms. The number of rotatable bonds is 2. The van der Waals surface area contributed by atoms with Gasteiger partial charge >= 0.3 is 5.97 Å². The Balaban J connectivity index is 2.15.